The monoisotopic (exact) mass is 343 g/mol. The van der Waals surface area contributed by atoms with Crippen LogP contribution in [0.2, 0.25) is 0 Å². The van der Waals surface area contributed by atoms with Gasteiger partial charge in [0.2, 0.25) is 5.91 Å². The van der Waals surface area contributed by atoms with Crippen molar-refractivity contribution in [1.82, 2.24) is 10.2 Å². The predicted octanol–water partition coefficient (Wildman–Crippen LogP) is 3.14. The van der Waals surface area contributed by atoms with Crippen LogP contribution in [0, 0.1) is 11.8 Å². The Morgan fingerprint density at radius 3 is 2.44 bits per heavy atom. The summed E-state index contributed by atoms with van der Waals surface area (Å²) in [6, 6.07) is 10.9. The zero-order chi connectivity index (χ0) is 17.8. The second kappa shape index (κ2) is 8.22. The van der Waals surface area contributed by atoms with E-state index < -0.39 is 0 Å². The average molecular weight is 344 g/mol. The smallest absolute Gasteiger partial charge is 0.237 e. The van der Waals surface area contributed by atoms with Crippen molar-refractivity contribution in [2.24, 2.45) is 11.8 Å². The molecular weight excluding hydrogens is 310 g/mol. The number of rotatable bonds is 4. The molecule has 4 atom stereocenters. The number of nitrogens with one attached hydrogen (secondary N) is 1. The van der Waals surface area contributed by atoms with Crippen molar-refractivity contribution in [3.63, 3.8) is 0 Å². The highest BCUT2D eigenvalue weighted by atomic mass is 16.2. The number of benzene rings is 1. The highest BCUT2D eigenvalue weighted by Gasteiger charge is 2.31. The van der Waals surface area contributed by atoms with Crippen molar-refractivity contribution in [1.29, 1.82) is 0 Å². The highest BCUT2D eigenvalue weighted by molar-refractivity contribution is 5.81. The van der Waals surface area contributed by atoms with Gasteiger partial charge in [-0.3, -0.25) is 9.69 Å². The van der Waals surface area contributed by atoms with Crippen LogP contribution >= 0.6 is 0 Å². The van der Waals surface area contributed by atoms with Crippen molar-refractivity contribution in [3.8, 4) is 0 Å². The van der Waals surface area contributed by atoms with Crippen LogP contribution in [0.1, 0.15) is 40.0 Å². The third-order valence-electron chi connectivity index (χ3n) is 6.40. The molecule has 2 aliphatic rings. The standard InChI is InChI=1S/C21H33N3O/c1-16-8-7-11-20(17(16)2)22-21(25)18(3)23-12-14-24(15-13-23)19-9-5-4-6-10-19/h4-6,9-10,16-18,20H,7-8,11-15H2,1-3H3,(H,22,25)/t16-,17-,18-,20+/m1/s1. The van der Waals surface area contributed by atoms with E-state index in [0.717, 1.165) is 32.6 Å². The van der Waals surface area contributed by atoms with E-state index in [-0.39, 0.29) is 11.9 Å². The van der Waals surface area contributed by atoms with E-state index in [4.69, 9.17) is 0 Å². The van der Waals surface area contributed by atoms with Gasteiger partial charge in [-0.25, -0.2) is 0 Å². The predicted molar refractivity (Wildman–Crippen MR) is 104 cm³/mol. The zero-order valence-corrected chi connectivity index (χ0v) is 15.9. The molecule has 1 N–H and O–H groups in total. The Hall–Kier alpha value is -1.55. The highest BCUT2D eigenvalue weighted by Crippen LogP contribution is 2.29. The molecule has 25 heavy (non-hydrogen) atoms. The normalized spacial score (nSPS) is 29.2. The second-order valence-corrected chi connectivity index (χ2v) is 7.92. The molecule has 1 saturated heterocycles. The molecule has 0 unspecified atom stereocenters. The lowest BCUT2D eigenvalue weighted by molar-refractivity contribution is -0.127. The molecular formula is C21H33N3O. The van der Waals surface area contributed by atoms with E-state index in [0.29, 0.717) is 17.9 Å². The van der Waals surface area contributed by atoms with Crippen LogP contribution in [0.5, 0.6) is 0 Å². The molecule has 1 aromatic rings. The van der Waals surface area contributed by atoms with Crippen molar-refractivity contribution in [3.05, 3.63) is 30.3 Å². The van der Waals surface area contributed by atoms with E-state index >= 15 is 0 Å². The number of hydrogen-bond donors (Lipinski definition) is 1. The Morgan fingerprint density at radius 1 is 1.08 bits per heavy atom. The average Bonchev–Trinajstić information content (AvgIpc) is 2.65. The van der Waals surface area contributed by atoms with Gasteiger partial charge in [0, 0.05) is 37.9 Å². The fourth-order valence-corrected chi connectivity index (χ4v) is 4.26. The molecule has 1 heterocycles. The summed E-state index contributed by atoms with van der Waals surface area (Å²) in [5.41, 5.74) is 1.28. The topological polar surface area (TPSA) is 35.6 Å². The van der Waals surface area contributed by atoms with Gasteiger partial charge in [-0.1, -0.05) is 44.9 Å². The van der Waals surface area contributed by atoms with Crippen molar-refractivity contribution in [2.75, 3.05) is 31.1 Å². The van der Waals surface area contributed by atoms with Gasteiger partial charge in [0.05, 0.1) is 6.04 Å². The van der Waals surface area contributed by atoms with Crippen LogP contribution in [0.4, 0.5) is 5.69 Å². The SMILES string of the molecule is C[C@@H]1[C@H](C)CCC[C@@H]1NC(=O)[C@@H](C)N1CCN(c2ccccc2)CC1. The lowest BCUT2D eigenvalue weighted by atomic mass is 9.78. The number of amides is 1. The van der Waals surface area contributed by atoms with Crippen LogP contribution in [0.3, 0.4) is 0 Å². The first-order valence-electron chi connectivity index (χ1n) is 9.90. The van der Waals surface area contributed by atoms with Crippen LogP contribution in [0.25, 0.3) is 0 Å². The summed E-state index contributed by atoms with van der Waals surface area (Å²) in [4.78, 5) is 17.5. The first-order valence-corrected chi connectivity index (χ1v) is 9.90. The molecule has 3 rings (SSSR count). The minimum Gasteiger partial charge on any atom is -0.369 e. The summed E-state index contributed by atoms with van der Waals surface area (Å²) >= 11 is 0. The maximum Gasteiger partial charge on any atom is 0.237 e. The molecule has 0 bridgehead atoms. The molecule has 1 aliphatic carbocycles. The van der Waals surface area contributed by atoms with Crippen LogP contribution < -0.4 is 10.2 Å². The molecule has 0 aromatic heterocycles. The number of piperazine rings is 1. The fraction of sp³-hybridized carbons (Fsp3) is 0.667. The largest absolute Gasteiger partial charge is 0.369 e. The zero-order valence-electron chi connectivity index (χ0n) is 15.9. The van der Waals surface area contributed by atoms with Gasteiger partial charge < -0.3 is 10.2 Å². The molecule has 1 amide bonds. The Balaban J connectivity index is 1.50. The summed E-state index contributed by atoms with van der Waals surface area (Å²) in [5.74, 6) is 1.50. The first-order chi connectivity index (χ1) is 12.1. The number of para-hydroxylation sites is 1. The van der Waals surface area contributed by atoms with Crippen molar-refractivity contribution < 1.29 is 4.79 Å². The Kier molecular flexibility index (Phi) is 6.00. The molecule has 1 aromatic carbocycles. The number of carbonyl (C=O) groups excluding carboxylic acids is 1. The number of hydrogen-bond acceptors (Lipinski definition) is 3. The van der Waals surface area contributed by atoms with Gasteiger partial charge in [0.25, 0.3) is 0 Å². The number of anilines is 1. The van der Waals surface area contributed by atoms with E-state index in [9.17, 15) is 4.79 Å². The molecule has 4 nitrogen and oxygen atoms in total. The van der Waals surface area contributed by atoms with Gasteiger partial charge in [0.1, 0.15) is 0 Å². The molecule has 2 fully saturated rings. The summed E-state index contributed by atoms with van der Waals surface area (Å²) in [5, 5.41) is 3.34. The lowest BCUT2D eigenvalue weighted by Gasteiger charge is -2.40. The third kappa shape index (κ3) is 4.35. The Labute approximate surface area is 152 Å². The molecule has 0 radical (unpaired) electrons. The van der Waals surface area contributed by atoms with Crippen molar-refractivity contribution in [2.45, 2.75) is 52.1 Å². The van der Waals surface area contributed by atoms with E-state index in [2.05, 4.69) is 66.2 Å². The summed E-state index contributed by atoms with van der Waals surface area (Å²) < 4.78 is 0. The number of carbonyl (C=O) groups is 1. The van der Waals surface area contributed by atoms with E-state index in [1.54, 1.807) is 0 Å². The van der Waals surface area contributed by atoms with Crippen molar-refractivity contribution >= 4 is 11.6 Å². The maximum absolute atomic E-state index is 12.7. The summed E-state index contributed by atoms with van der Waals surface area (Å²) in [6.07, 6.45) is 3.66. The minimum absolute atomic E-state index is 0.0395. The van der Waals surface area contributed by atoms with E-state index in [1.807, 2.05) is 0 Å². The maximum atomic E-state index is 12.7. The van der Waals surface area contributed by atoms with Gasteiger partial charge in [-0.2, -0.15) is 0 Å². The fourth-order valence-electron chi connectivity index (χ4n) is 4.26. The number of nitrogens with zero attached hydrogens (tertiary/aromatic N) is 2. The molecule has 0 spiro atoms. The third-order valence-corrected chi connectivity index (χ3v) is 6.40. The van der Waals surface area contributed by atoms with E-state index in [1.165, 1.54) is 18.5 Å². The van der Waals surface area contributed by atoms with Crippen LogP contribution in [-0.2, 0) is 4.79 Å². The van der Waals surface area contributed by atoms with Gasteiger partial charge in [0.15, 0.2) is 0 Å². The minimum atomic E-state index is -0.0395. The van der Waals surface area contributed by atoms with Crippen LogP contribution in [-0.4, -0.2) is 49.1 Å². The molecule has 4 heteroatoms. The quantitative estimate of drug-likeness (QED) is 0.912. The van der Waals surface area contributed by atoms with Gasteiger partial charge >= 0.3 is 0 Å². The Bertz CT molecular complexity index is 554. The second-order valence-electron chi connectivity index (χ2n) is 7.92. The van der Waals surface area contributed by atoms with Gasteiger partial charge in [-0.15, -0.1) is 0 Å². The molecule has 138 valence electrons. The summed E-state index contributed by atoms with van der Waals surface area (Å²) in [7, 11) is 0. The first kappa shape index (κ1) is 18.2. The van der Waals surface area contributed by atoms with Crippen LogP contribution in [0.15, 0.2) is 30.3 Å². The summed E-state index contributed by atoms with van der Waals surface area (Å²) in [6.45, 7) is 10.5. The lowest BCUT2D eigenvalue weighted by Crippen LogP contribution is -2.56. The molecule has 1 saturated carbocycles. The molecule has 1 aliphatic heterocycles. The van der Waals surface area contributed by atoms with Gasteiger partial charge in [-0.05, 0) is 37.3 Å². The Morgan fingerprint density at radius 2 is 1.76 bits per heavy atom.